The van der Waals surface area contributed by atoms with Crippen LogP contribution in [0.1, 0.15) is 279 Å². The first-order valence-electron chi connectivity index (χ1n) is 31.9. The molecule has 0 aromatic rings. The average Bonchev–Trinajstić information content (AvgIpc) is 3.44. The largest absolute Gasteiger partial charge is 0.453 e. The summed E-state index contributed by atoms with van der Waals surface area (Å²) in [4.78, 5) is 27.5. The molecule has 0 aromatic heterocycles. The molecule has 2 aliphatic heterocycles. The van der Waals surface area contributed by atoms with E-state index in [0.29, 0.717) is 18.3 Å². The standard InChI is InChI=1S/C62H116O16S/c1-7-9-11-13-15-17-19-21-22-23-24-25-26-27-29-30-32-34-36-38-40-47(3)42-48(4)43-49(5)44-50(6)60(69)76-57-55(67)52(46-64)74-62(77-61-58(78-79(70,71)72)56(68)54(66)51(45-63)73-61)59(57)75-53(65)41-39-37-35-33-31-28-20-18-16-14-12-10-8-2/h44,47-49,51-52,54-59,61-64,66-68H,7-43,45-46H2,1-6H3,(H,70,71,72)/b50-44+/t47-,48-,49-,51+,52+,54+,55+,56-,57-,58+,59+,61+,62+/m0/s1. The second-order valence-electron chi connectivity index (χ2n) is 23.9. The minimum atomic E-state index is -5.31. The van der Waals surface area contributed by atoms with E-state index in [2.05, 4.69) is 31.9 Å². The van der Waals surface area contributed by atoms with Crippen LogP contribution in [-0.2, 0) is 47.9 Å². The van der Waals surface area contributed by atoms with Gasteiger partial charge < -0.3 is 49.2 Å². The van der Waals surface area contributed by atoms with Gasteiger partial charge in [0.15, 0.2) is 24.6 Å². The van der Waals surface area contributed by atoms with E-state index in [1.165, 1.54) is 180 Å². The normalized spacial score (nSPS) is 25.0. The lowest BCUT2D eigenvalue weighted by Crippen LogP contribution is -2.65. The van der Waals surface area contributed by atoms with E-state index in [1.807, 2.05) is 6.92 Å². The van der Waals surface area contributed by atoms with Gasteiger partial charge in [-0.1, -0.05) is 253 Å². The zero-order chi connectivity index (χ0) is 58.3. The second-order valence-corrected chi connectivity index (χ2v) is 24.9. The van der Waals surface area contributed by atoms with Crippen molar-refractivity contribution in [2.45, 2.75) is 341 Å². The summed E-state index contributed by atoms with van der Waals surface area (Å²) < 4.78 is 67.0. The molecule has 0 radical (unpaired) electrons. The van der Waals surface area contributed by atoms with Gasteiger partial charge in [0.25, 0.3) is 0 Å². The molecule has 2 saturated heterocycles. The first-order valence-corrected chi connectivity index (χ1v) is 33.3. The van der Waals surface area contributed by atoms with E-state index < -0.39 is 97.0 Å². The summed E-state index contributed by atoms with van der Waals surface area (Å²) in [6.45, 7) is 10.9. The van der Waals surface area contributed by atoms with Crippen LogP contribution in [0.15, 0.2) is 11.6 Å². The predicted molar refractivity (Wildman–Crippen MR) is 310 cm³/mol. The molecule has 0 saturated carbocycles. The van der Waals surface area contributed by atoms with E-state index in [-0.39, 0.29) is 17.9 Å². The fourth-order valence-electron chi connectivity index (χ4n) is 11.5. The Bertz CT molecular complexity index is 1670. The average molecular weight is 1150 g/mol. The van der Waals surface area contributed by atoms with Gasteiger partial charge in [0.05, 0.1) is 13.2 Å². The van der Waals surface area contributed by atoms with Crippen molar-refractivity contribution in [3.8, 4) is 0 Å². The SMILES string of the molecule is CCCCCCCCCCCCCCCCCCCCCC[C@H](C)C[C@H](C)C[C@H](C)/C=C(\C)C(=O)O[C@H]1[C@H](O)[C@@H](CO)O[C@H](O[C@H]2O[C@H](CO)[C@@H](O)[C@H](O)[C@H]2OS(=O)(=O)O)[C@@H]1OC(=O)CCCCCCCCCCCCCCC. The van der Waals surface area contributed by atoms with Crippen molar-refractivity contribution in [2.75, 3.05) is 13.2 Å². The number of carbonyl (C=O) groups is 2. The number of hydrogen-bond donors (Lipinski definition) is 6. The summed E-state index contributed by atoms with van der Waals surface area (Å²) in [6.07, 6.45) is 28.0. The number of allylic oxidation sites excluding steroid dienone is 1. The van der Waals surface area contributed by atoms with E-state index >= 15 is 0 Å². The van der Waals surface area contributed by atoms with Crippen LogP contribution in [0, 0.1) is 17.8 Å². The van der Waals surface area contributed by atoms with Gasteiger partial charge in [-0.05, 0) is 43.9 Å². The third-order valence-electron chi connectivity index (χ3n) is 16.1. The lowest BCUT2D eigenvalue weighted by molar-refractivity contribution is -0.374. The highest BCUT2D eigenvalue weighted by Crippen LogP contribution is 2.34. The second kappa shape index (κ2) is 44.7. The molecule has 0 aliphatic carbocycles. The Kier molecular flexibility index (Phi) is 41.5. The summed E-state index contributed by atoms with van der Waals surface area (Å²) in [5.74, 6) is -0.663. The first-order chi connectivity index (χ1) is 38.0. The zero-order valence-electron chi connectivity index (χ0n) is 50.3. The molecule has 0 spiro atoms. The van der Waals surface area contributed by atoms with Crippen LogP contribution in [0.25, 0.3) is 0 Å². The molecule has 0 amide bonds. The molecule has 79 heavy (non-hydrogen) atoms. The number of unbranched alkanes of at least 4 members (excludes halogenated alkanes) is 31. The molecular weight excluding hydrogens is 1030 g/mol. The monoisotopic (exact) mass is 1150 g/mol. The summed E-state index contributed by atoms with van der Waals surface area (Å²) in [5.41, 5.74) is 0.228. The fraction of sp³-hybridized carbons (Fsp3) is 0.935. The summed E-state index contributed by atoms with van der Waals surface area (Å²) in [7, 11) is -5.31. The molecule has 0 bridgehead atoms. The van der Waals surface area contributed by atoms with Gasteiger partial charge in [0.2, 0.25) is 6.29 Å². The molecule has 2 heterocycles. The Morgan fingerprint density at radius 3 is 1.32 bits per heavy atom. The van der Waals surface area contributed by atoms with Gasteiger partial charge in [-0.3, -0.25) is 9.35 Å². The van der Waals surface area contributed by atoms with E-state index in [4.69, 9.17) is 23.7 Å². The number of aliphatic hydroxyl groups excluding tert-OH is 5. The maximum absolute atomic E-state index is 13.9. The predicted octanol–water partition coefficient (Wildman–Crippen LogP) is 12.9. The van der Waals surface area contributed by atoms with Crippen LogP contribution in [-0.4, -0.2) is 125 Å². The molecule has 2 fully saturated rings. The molecule has 13 atom stereocenters. The molecule has 2 rings (SSSR count). The quantitative estimate of drug-likeness (QED) is 0.0144. The molecule has 0 unspecified atom stereocenters. The minimum absolute atomic E-state index is 0.0197. The fourth-order valence-corrected chi connectivity index (χ4v) is 12.0. The smallest absolute Gasteiger partial charge is 0.397 e. The van der Waals surface area contributed by atoms with Gasteiger partial charge in [0.1, 0.15) is 30.5 Å². The molecule has 0 aromatic carbocycles. The Labute approximate surface area is 479 Å². The topological polar surface area (TPSA) is 245 Å². The highest BCUT2D eigenvalue weighted by atomic mass is 32.3. The third-order valence-corrected chi connectivity index (χ3v) is 16.6. The van der Waals surface area contributed by atoms with Crippen molar-refractivity contribution < 1.29 is 76.0 Å². The molecule has 17 heteroatoms. The van der Waals surface area contributed by atoms with Crippen LogP contribution in [0.5, 0.6) is 0 Å². The van der Waals surface area contributed by atoms with E-state index in [0.717, 1.165) is 44.9 Å². The number of carbonyl (C=O) groups excluding carboxylic acids is 2. The maximum Gasteiger partial charge on any atom is 0.397 e. The Balaban J connectivity index is 1.94. The maximum atomic E-state index is 13.9. The van der Waals surface area contributed by atoms with Gasteiger partial charge >= 0.3 is 22.3 Å². The first kappa shape index (κ1) is 73.3. The van der Waals surface area contributed by atoms with Crippen molar-refractivity contribution in [1.82, 2.24) is 0 Å². The summed E-state index contributed by atoms with van der Waals surface area (Å²) in [6, 6.07) is 0. The van der Waals surface area contributed by atoms with Crippen LogP contribution >= 0.6 is 0 Å². The highest BCUT2D eigenvalue weighted by molar-refractivity contribution is 7.80. The lowest BCUT2D eigenvalue weighted by Gasteiger charge is -2.46. The molecule has 2 aliphatic rings. The van der Waals surface area contributed by atoms with Crippen molar-refractivity contribution >= 4 is 22.3 Å². The number of aliphatic hydroxyl groups is 5. The molecule has 466 valence electrons. The van der Waals surface area contributed by atoms with Crippen LogP contribution in [0.3, 0.4) is 0 Å². The minimum Gasteiger partial charge on any atom is -0.453 e. The molecule has 6 N–H and O–H groups in total. The lowest BCUT2D eigenvalue weighted by atomic mass is 9.86. The van der Waals surface area contributed by atoms with Crippen LogP contribution in [0.4, 0.5) is 0 Å². The van der Waals surface area contributed by atoms with E-state index in [9.17, 15) is 48.1 Å². The van der Waals surface area contributed by atoms with Gasteiger partial charge in [0, 0.05) is 12.0 Å². The number of hydrogen-bond acceptors (Lipinski definition) is 15. The van der Waals surface area contributed by atoms with Crippen LogP contribution in [0.2, 0.25) is 0 Å². The summed E-state index contributed by atoms with van der Waals surface area (Å²) >= 11 is 0. The number of ether oxygens (including phenoxy) is 5. The Morgan fingerprint density at radius 2 is 0.899 bits per heavy atom. The highest BCUT2D eigenvalue weighted by Gasteiger charge is 2.54. The van der Waals surface area contributed by atoms with E-state index in [1.54, 1.807) is 13.0 Å². The Hall–Kier alpha value is -1.77. The number of esters is 2. The van der Waals surface area contributed by atoms with Gasteiger partial charge in [-0.15, -0.1) is 0 Å². The molecule has 16 nitrogen and oxygen atoms in total. The van der Waals surface area contributed by atoms with Crippen molar-refractivity contribution in [2.24, 2.45) is 17.8 Å². The van der Waals surface area contributed by atoms with Crippen molar-refractivity contribution in [1.29, 1.82) is 0 Å². The van der Waals surface area contributed by atoms with Gasteiger partial charge in [-0.25, -0.2) is 8.98 Å². The zero-order valence-corrected chi connectivity index (χ0v) is 51.2. The van der Waals surface area contributed by atoms with Gasteiger partial charge in [-0.2, -0.15) is 8.42 Å². The molecular formula is C62H116O16S. The third kappa shape index (κ3) is 33.3. The van der Waals surface area contributed by atoms with Crippen molar-refractivity contribution in [3.63, 3.8) is 0 Å². The summed E-state index contributed by atoms with van der Waals surface area (Å²) in [5, 5.41) is 53.1. The van der Waals surface area contributed by atoms with Crippen molar-refractivity contribution in [3.05, 3.63) is 11.6 Å². The number of rotatable bonds is 49. The Morgan fingerprint density at radius 1 is 0.506 bits per heavy atom. The van der Waals surface area contributed by atoms with Crippen LogP contribution < -0.4 is 0 Å².